The summed E-state index contributed by atoms with van der Waals surface area (Å²) in [6.45, 7) is 1.25. The second-order valence-corrected chi connectivity index (χ2v) is 11.6. The lowest BCUT2D eigenvalue weighted by Crippen LogP contribution is -2.65. The monoisotopic (exact) mass is 606 g/mol. The van der Waals surface area contributed by atoms with Gasteiger partial charge in [-0.25, -0.2) is 0 Å². The minimum atomic E-state index is -0.842. The Labute approximate surface area is 263 Å². The Balaban J connectivity index is 1.47. The van der Waals surface area contributed by atoms with Crippen molar-refractivity contribution in [3.05, 3.63) is 95.7 Å². The molecular formula is C35H38N6O4. The van der Waals surface area contributed by atoms with Crippen molar-refractivity contribution in [1.82, 2.24) is 29.8 Å². The summed E-state index contributed by atoms with van der Waals surface area (Å²) in [5, 5.41) is 18.2. The number of nitrogens with zero attached hydrogens (tertiary/aromatic N) is 5. The van der Waals surface area contributed by atoms with E-state index in [1.54, 1.807) is 63.9 Å². The molecule has 232 valence electrons. The summed E-state index contributed by atoms with van der Waals surface area (Å²) in [5.74, 6) is 2.09. The summed E-state index contributed by atoms with van der Waals surface area (Å²) in [4.78, 5) is 46.6. The zero-order valence-corrected chi connectivity index (χ0v) is 25.6. The van der Waals surface area contributed by atoms with Crippen LogP contribution in [0, 0.1) is 12.3 Å². The van der Waals surface area contributed by atoms with Gasteiger partial charge < -0.3 is 25.1 Å². The molecule has 4 aromatic rings. The van der Waals surface area contributed by atoms with Crippen LogP contribution in [-0.2, 0) is 40.4 Å². The SMILES string of the molecule is C#CCn1ncc2c(CN3CC(CC(=O)NCc4ccccc4)N(C(=O)CN(C)C)[C@@H](Cc4ccc(O)cc4)C3=O)cccc21. The molecular weight excluding hydrogens is 568 g/mol. The first-order valence-electron chi connectivity index (χ1n) is 14.9. The number of likely N-dealkylation sites (N-methyl/N-ethyl adjacent to an activating group) is 1. The maximum absolute atomic E-state index is 14.3. The molecule has 0 saturated carbocycles. The Bertz CT molecular complexity index is 1690. The van der Waals surface area contributed by atoms with Crippen LogP contribution in [0.1, 0.15) is 23.1 Å². The molecule has 0 aliphatic carbocycles. The number of hydrogen-bond donors (Lipinski definition) is 2. The average molecular weight is 607 g/mol. The van der Waals surface area contributed by atoms with Gasteiger partial charge in [0.25, 0.3) is 0 Å². The molecule has 0 spiro atoms. The smallest absolute Gasteiger partial charge is 0.246 e. The van der Waals surface area contributed by atoms with E-state index in [0.717, 1.165) is 27.6 Å². The van der Waals surface area contributed by atoms with Gasteiger partial charge in [0, 0.05) is 37.9 Å². The van der Waals surface area contributed by atoms with Gasteiger partial charge in [-0.3, -0.25) is 19.1 Å². The number of fused-ring (bicyclic) bond motifs is 1. The van der Waals surface area contributed by atoms with Crippen molar-refractivity contribution in [2.75, 3.05) is 27.2 Å². The van der Waals surface area contributed by atoms with Crippen LogP contribution in [0.15, 0.2) is 79.0 Å². The van der Waals surface area contributed by atoms with Crippen molar-refractivity contribution in [3.8, 4) is 18.1 Å². The van der Waals surface area contributed by atoms with Crippen LogP contribution in [0.4, 0.5) is 0 Å². The first-order chi connectivity index (χ1) is 21.7. The summed E-state index contributed by atoms with van der Waals surface area (Å²) < 4.78 is 1.74. The first kappa shape index (κ1) is 31.3. The Hall–Kier alpha value is -5.14. The molecule has 1 aromatic heterocycles. The van der Waals surface area contributed by atoms with E-state index in [-0.39, 0.29) is 55.9 Å². The van der Waals surface area contributed by atoms with Crippen LogP contribution in [0.5, 0.6) is 5.75 Å². The zero-order valence-electron chi connectivity index (χ0n) is 25.6. The minimum Gasteiger partial charge on any atom is -0.508 e. The van der Waals surface area contributed by atoms with Gasteiger partial charge in [-0.1, -0.05) is 60.5 Å². The number of rotatable bonds is 11. The Morgan fingerprint density at radius 1 is 1.04 bits per heavy atom. The normalized spacial score (nSPS) is 16.6. The third-order valence-corrected chi connectivity index (χ3v) is 8.00. The van der Waals surface area contributed by atoms with Gasteiger partial charge in [0.1, 0.15) is 18.3 Å². The van der Waals surface area contributed by atoms with E-state index in [1.807, 2.05) is 48.5 Å². The number of terminal acetylenes is 1. The fourth-order valence-corrected chi connectivity index (χ4v) is 5.89. The zero-order chi connectivity index (χ0) is 31.9. The number of carbonyl (C=O) groups excluding carboxylic acids is 3. The van der Waals surface area contributed by atoms with Gasteiger partial charge >= 0.3 is 0 Å². The predicted octanol–water partition coefficient (Wildman–Crippen LogP) is 2.79. The number of nitrogens with one attached hydrogen (secondary N) is 1. The number of phenolic OH excluding ortho intramolecular Hbond substituents is 1. The highest BCUT2D eigenvalue weighted by Crippen LogP contribution is 2.28. The second kappa shape index (κ2) is 14.1. The lowest BCUT2D eigenvalue weighted by Gasteiger charge is -2.46. The van der Waals surface area contributed by atoms with E-state index < -0.39 is 12.1 Å². The highest BCUT2D eigenvalue weighted by molar-refractivity contribution is 5.91. The van der Waals surface area contributed by atoms with Gasteiger partial charge in [0.05, 0.1) is 24.3 Å². The number of amides is 3. The third kappa shape index (κ3) is 7.51. The Morgan fingerprint density at radius 2 is 1.80 bits per heavy atom. The summed E-state index contributed by atoms with van der Waals surface area (Å²) in [5.41, 5.74) is 3.53. The number of carbonyl (C=O) groups is 3. The number of benzene rings is 3. The van der Waals surface area contributed by atoms with Gasteiger partial charge in [0.15, 0.2) is 0 Å². The van der Waals surface area contributed by atoms with Crippen molar-refractivity contribution in [1.29, 1.82) is 0 Å². The van der Waals surface area contributed by atoms with E-state index in [2.05, 4.69) is 16.3 Å². The molecule has 5 rings (SSSR count). The number of aromatic nitrogens is 2. The quantitative estimate of drug-likeness (QED) is 0.254. The molecule has 45 heavy (non-hydrogen) atoms. The fraction of sp³-hybridized carbons (Fsp3) is 0.314. The lowest BCUT2D eigenvalue weighted by molar-refractivity contribution is -0.158. The Kier molecular flexibility index (Phi) is 9.80. The number of piperazine rings is 1. The van der Waals surface area contributed by atoms with E-state index in [9.17, 15) is 19.5 Å². The van der Waals surface area contributed by atoms with Crippen molar-refractivity contribution < 1.29 is 19.5 Å². The number of hydrogen-bond acceptors (Lipinski definition) is 6. The molecule has 2 heterocycles. The fourth-order valence-electron chi connectivity index (χ4n) is 5.89. The van der Waals surface area contributed by atoms with Crippen molar-refractivity contribution in [3.63, 3.8) is 0 Å². The molecule has 2 atom stereocenters. The van der Waals surface area contributed by atoms with Crippen molar-refractivity contribution >= 4 is 28.6 Å². The van der Waals surface area contributed by atoms with E-state index in [4.69, 9.17) is 6.42 Å². The van der Waals surface area contributed by atoms with Crippen LogP contribution in [0.2, 0.25) is 0 Å². The Morgan fingerprint density at radius 3 is 2.51 bits per heavy atom. The lowest BCUT2D eigenvalue weighted by atomic mass is 9.95. The molecule has 0 radical (unpaired) electrons. The molecule has 1 aliphatic heterocycles. The maximum atomic E-state index is 14.3. The van der Waals surface area contributed by atoms with Crippen LogP contribution in [0.25, 0.3) is 10.9 Å². The van der Waals surface area contributed by atoms with Crippen LogP contribution in [0.3, 0.4) is 0 Å². The standard InChI is InChI=1S/C35H38N6O4/c1-4-17-40-31-12-8-11-27(30(31)21-37-40)22-39-23-28(19-33(43)36-20-26-9-6-5-7-10-26)41(34(44)24-38(2)3)32(35(39)45)18-25-13-15-29(42)16-14-25/h1,5-16,21,28,32,42H,17-20,22-24H2,2-3H3,(H,36,43)/t28?,32-/m0/s1. The largest absolute Gasteiger partial charge is 0.508 e. The van der Waals surface area contributed by atoms with Gasteiger partial charge in [0.2, 0.25) is 17.7 Å². The molecule has 3 amide bonds. The van der Waals surface area contributed by atoms with E-state index in [0.29, 0.717) is 13.1 Å². The van der Waals surface area contributed by atoms with E-state index >= 15 is 0 Å². The third-order valence-electron chi connectivity index (χ3n) is 8.00. The summed E-state index contributed by atoms with van der Waals surface area (Å²) >= 11 is 0. The molecule has 1 unspecified atom stereocenters. The molecule has 1 saturated heterocycles. The minimum absolute atomic E-state index is 0.0339. The molecule has 3 aromatic carbocycles. The molecule has 1 aliphatic rings. The van der Waals surface area contributed by atoms with Gasteiger partial charge in [-0.15, -0.1) is 6.42 Å². The summed E-state index contributed by atoms with van der Waals surface area (Å²) in [6, 6.07) is 20.7. The first-order valence-corrected chi connectivity index (χ1v) is 14.9. The van der Waals surface area contributed by atoms with Gasteiger partial charge in [-0.2, -0.15) is 5.10 Å². The van der Waals surface area contributed by atoms with Crippen molar-refractivity contribution in [2.24, 2.45) is 0 Å². The second-order valence-electron chi connectivity index (χ2n) is 11.6. The number of phenols is 1. The van der Waals surface area contributed by atoms with Crippen LogP contribution in [-0.4, -0.2) is 86.6 Å². The molecule has 10 nitrogen and oxygen atoms in total. The molecule has 0 bridgehead atoms. The van der Waals surface area contributed by atoms with Crippen molar-refractivity contribution in [2.45, 2.75) is 44.6 Å². The topological polar surface area (TPSA) is 111 Å². The molecule has 10 heteroatoms. The van der Waals surface area contributed by atoms with Crippen LogP contribution < -0.4 is 5.32 Å². The predicted molar refractivity (Wildman–Crippen MR) is 172 cm³/mol. The average Bonchev–Trinajstić information content (AvgIpc) is 3.43. The van der Waals surface area contributed by atoms with Gasteiger partial charge in [-0.05, 0) is 49.0 Å². The number of aromatic hydroxyl groups is 1. The van der Waals surface area contributed by atoms with Crippen LogP contribution >= 0.6 is 0 Å². The summed E-state index contributed by atoms with van der Waals surface area (Å²) in [6.07, 6.45) is 7.56. The highest BCUT2D eigenvalue weighted by Gasteiger charge is 2.43. The highest BCUT2D eigenvalue weighted by atomic mass is 16.3. The maximum Gasteiger partial charge on any atom is 0.246 e. The molecule has 2 N–H and O–H groups in total. The molecule has 1 fully saturated rings. The van der Waals surface area contributed by atoms with E-state index in [1.165, 1.54) is 0 Å². The summed E-state index contributed by atoms with van der Waals surface area (Å²) in [7, 11) is 3.60.